The van der Waals surface area contributed by atoms with E-state index in [0.717, 1.165) is 6.07 Å². The number of aromatic nitrogens is 1. The molecule has 1 atom stereocenters. The van der Waals surface area contributed by atoms with Crippen LogP contribution in [0.25, 0.3) is 0 Å². The van der Waals surface area contributed by atoms with Gasteiger partial charge in [-0.05, 0) is 25.3 Å². The molecule has 1 aliphatic rings. The molecule has 1 amide bonds. The Balaban J connectivity index is 2.22. The number of anilines is 1. The summed E-state index contributed by atoms with van der Waals surface area (Å²) in [5.41, 5.74) is -0.646. The summed E-state index contributed by atoms with van der Waals surface area (Å²) < 4.78 is 13.9. The van der Waals surface area contributed by atoms with Gasteiger partial charge in [0.05, 0.1) is 17.1 Å². The number of nitriles is 1. The normalized spacial score (nSPS) is 16.7. The first kappa shape index (κ1) is 15.3. The summed E-state index contributed by atoms with van der Waals surface area (Å²) in [6, 6.07) is 2.45. The highest BCUT2D eigenvalue weighted by Gasteiger charge is 2.50. The van der Waals surface area contributed by atoms with Crippen LogP contribution in [0.1, 0.15) is 31.7 Å². The molecule has 0 bridgehead atoms. The van der Waals surface area contributed by atoms with Crippen LogP contribution in [0, 0.1) is 17.1 Å². The maximum Gasteiger partial charge on any atom is 0.405 e. The molecule has 0 aromatic carbocycles. The van der Waals surface area contributed by atoms with Crippen molar-refractivity contribution in [3.8, 4) is 6.07 Å². The summed E-state index contributed by atoms with van der Waals surface area (Å²) >= 11 is 5.79. The Bertz CT molecular complexity index is 613. The number of rotatable bonds is 5. The first-order valence-corrected chi connectivity index (χ1v) is 6.83. The summed E-state index contributed by atoms with van der Waals surface area (Å²) in [6.07, 6.45) is 0.824. The van der Waals surface area contributed by atoms with Crippen molar-refractivity contribution >= 4 is 23.5 Å². The van der Waals surface area contributed by atoms with E-state index >= 15 is 0 Å². The second kappa shape index (κ2) is 5.74. The second-order valence-electron chi connectivity index (χ2n) is 4.96. The van der Waals surface area contributed by atoms with Crippen molar-refractivity contribution in [1.29, 1.82) is 5.26 Å². The van der Waals surface area contributed by atoms with E-state index in [2.05, 4.69) is 15.6 Å². The molecule has 21 heavy (non-hydrogen) atoms. The monoisotopic (exact) mass is 312 g/mol. The topological polar surface area (TPSA) is 98.0 Å². The predicted molar refractivity (Wildman–Crippen MR) is 74.7 cm³/mol. The predicted octanol–water partition coefficient (Wildman–Crippen LogP) is 2.74. The van der Waals surface area contributed by atoms with Gasteiger partial charge < -0.3 is 15.7 Å². The number of hydrogen-bond acceptors (Lipinski definition) is 4. The van der Waals surface area contributed by atoms with Crippen LogP contribution in [0.15, 0.2) is 6.07 Å². The van der Waals surface area contributed by atoms with E-state index in [1.54, 1.807) is 6.07 Å². The summed E-state index contributed by atoms with van der Waals surface area (Å²) in [5.74, 6) is -0.773. The molecule has 1 unspecified atom stereocenters. The van der Waals surface area contributed by atoms with Crippen LogP contribution in [0.5, 0.6) is 0 Å². The molecule has 0 aliphatic heterocycles. The van der Waals surface area contributed by atoms with Crippen molar-refractivity contribution in [2.45, 2.75) is 37.8 Å². The van der Waals surface area contributed by atoms with Crippen molar-refractivity contribution in [1.82, 2.24) is 10.3 Å². The second-order valence-corrected chi connectivity index (χ2v) is 5.32. The number of carbonyl (C=O) groups is 1. The first-order chi connectivity index (χ1) is 9.91. The van der Waals surface area contributed by atoms with Crippen LogP contribution < -0.4 is 10.6 Å². The van der Waals surface area contributed by atoms with Gasteiger partial charge in [0.2, 0.25) is 0 Å². The number of pyridine rings is 1. The van der Waals surface area contributed by atoms with Gasteiger partial charge in [0.25, 0.3) is 0 Å². The quantitative estimate of drug-likeness (QED) is 0.726. The van der Waals surface area contributed by atoms with Crippen LogP contribution in [-0.4, -0.2) is 27.8 Å². The molecule has 0 radical (unpaired) electrons. The van der Waals surface area contributed by atoms with Crippen molar-refractivity contribution < 1.29 is 14.3 Å². The Kier molecular flexibility index (Phi) is 4.19. The fraction of sp³-hybridized carbons (Fsp3) is 0.462. The Morgan fingerprint density at radius 3 is 2.86 bits per heavy atom. The molecule has 112 valence electrons. The Morgan fingerprint density at radius 2 is 2.38 bits per heavy atom. The van der Waals surface area contributed by atoms with Gasteiger partial charge in [-0.2, -0.15) is 5.26 Å². The lowest BCUT2D eigenvalue weighted by atomic mass is 10.0. The fourth-order valence-corrected chi connectivity index (χ4v) is 2.53. The highest BCUT2D eigenvalue weighted by atomic mass is 35.5. The number of nitrogens with one attached hydrogen (secondary N) is 2. The number of hydrogen-bond donors (Lipinski definition) is 3. The molecule has 1 fully saturated rings. The maximum absolute atomic E-state index is 13.9. The molecule has 6 nitrogen and oxygen atoms in total. The average molecular weight is 313 g/mol. The third-order valence-electron chi connectivity index (χ3n) is 3.58. The van der Waals surface area contributed by atoms with Crippen molar-refractivity contribution in [2.75, 3.05) is 5.32 Å². The standard InChI is InChI=1S/C13H14ClFN4O2/c1-2-9(13(3-4-13)19-12(20)21)17-11-8(15)5-7(6-16)10(14)18-11/h5,9,19H,2-4H2,1H3,(H,17,18)(H,20,21). The highest BCUT2D eigenvalue weighted by Crippen LogP contribution is 2.41. The smallest absolute Gasteiger partial charge is 0.405 e. The average Bonchev–Trinajstić information content (AvgIpc) is 3.18. The third kappa shape index (κ3) is 3.16. The molecule has 1 heterocycles. The van der Waals surface area contributed by atoms with Gasteiger partial charge in [0.1, 0.15) is 11.2 Å². The minimum Gasteiger partial charge on any atom is -0.465 e. The minimum absolute atomic E-state index is 0.0439. The zero-order valence-corrected chi connectivity index (χ0v) is 12.0. The Hall–Kier alpha value is -2.07. The number of halogens is 2. The Labute approximate surface area is 125 Å². The van der Waals surface area contributed by atoms with Crippen LogP contribution in [0.3, 0.4) is 0 Å². The minimum atomic E-state index is -1.11. The number of carboxylic acid groups (broad SMARTS) is 1. The number of amides is 1. The van der Waals surface area contributed by atoms with Gasteiger partial charge in [-0.1, -0.05) is 18.5 Å². The summed E-state index contributed by atoms with van der Waals surface area (Å²) in [6.45, 7) is 1.87. The van der Waals surface area contributed by atoms with Crippen molar-refractivity contribution in [2.24, 2.45) is 0 Å². The van der Waals surface area contributed by atoms with E-state index < -0.39 is 17.4 Å². The molecule has 0 saturated heterocycles. The van der Waals surface area contributed by atoms with Crippen molar-refractivity contribution in [3.63, 3.8) is 0 Å². The zero-order chi connectivity index (χ0) is 15.6. The summed E-state index contributed by atoms with van der Waals surface area (Å²) in [5, 5.41) is 22.9. The van der Waals surface area contributed by atoms with Gasteiger partial charge in [-0.25, -0.2) is 14.2 Å². The van der Waals surface area contributed by atoms with Gasteiger partial charge in [0, 0.05) is 0 Å². The molecular formula is C13H14ClFN4O2. The van der Waals surface area contributed by atoms with Crippen LogP contribution in [0.4, 0.5) is 15.0 Å². The van der Waals surface area contributed by atoms with E-state index in [1.165, 1.54) is 0 Å². The fourth-order valence-electron chi connectivity index (χ4n) is 2.35. The number of nitrogens with zero attached hydrogens (tertiary/aromatic N) is 2. The van der Waals surface area contributed by atoms with Crippen molar-refractivity contribution in [3.05, 3.63) is 22.6 Å². The van der Waals surface area contributed by atoms with Gasteiger partial charge >= 0.3 is 6.09 Å². The van der Waals surface area contributed by atoms with E-state index in [-0.39, 0.29) is 22.6 Å². The molecule has 8 heteroatoms. The first-order valence-electron chi connectivity index (χ1n) is 6.45. The lowest BCUT2D eigenvalue weighted by Crippen LogP contribution is -2.48. The Morgan fingerprint density at radius 1 is 1.71 bits per heavy atom. The van der Waals surface area contributed by atoms with Crippen LogP contribution in [0.2, 0.25) is 5.15 Å². The van der Waals surface area contributed by atoms with E-state index in [9.17, 15) is 9.18 Å². The van der Waals surface area contributed by atoms with Gasteiger partial charge in [0.15, 0.2) is 11.6 Å². The van der Waals surface area contributed by atoms with Crippen LogP contribution >= 0.6 is 11.6 Å². The largest absolute Gasteiger partial charge is 0.465 e. The summed E-state index contributed by atoms with van der Waals surface area (Å²) in [4.78, 5) is 14.7. The van der Waals surface area contributed by atoms with E-state index in [0.29, 0.717) is 19.3 Å². The zero-order valence-electron chi connectivity index (χ0n) is 11.3. The maximum atomic E-state index is 13.9. The van der Waals surface area contributed by atoms with E-state index in [1.807, 2.05) is 6.92 Å². The molecule has 3 N–H and O–H groups in total. The van der Waals surface area contributed by atoms with E-state index in [4.69, 9.17) is 22.0 Å². The SMILES string of the molecule is CCC(Nc1nc(Cl)c(C#N)cc1F)C1(NC(=O)O)CC1. The molecule has 2 rings (SSSR count). The highest BCUT2D eigenvalue weighted by molar-refractivity contribution is 6.30. The summed E-state index contributed by atoms with van der Waals surface area (Å²) in [7, 11) is 0. The van der Waals surface area contributed by atoms with Gasteiger partial charge in [-0.15, -0.1) is 0 Å². The van der Waals surface area contributed by atoms with Crippen LogP contribution in [-0.2, 0) is 0 Å². The molecule has 1 aromatic heterocycles. The molecule has 0 spiro atoms. The molecule has 1 saturated carbocycles. The van der Waals surface area contributed by atoms with Gasteiger partial charge in [-0.3, -0.25) is 0 Å². The molecular weight excluding hydrogens is 299 g/mol. The lowest BCUT2D eigenvalue weighted by Gasteiger charge is -2.27. The molecule has 1 aromatic rings. The third-order valence-corrected chi connectivity index (χ3v) is 3.87. The lowest BCUT2D eigenvalue weighted by molar-refractivity contribution is 0.186. The molecule has 1 aliphatic carbocycles.